The smallest absolute Gasteiger partial charge is 0.410 e. The van der Waals surface area contributed by atoms with Crippen molar-refractivity contribution in [2.45, 2.75) is 70.5 Å². The lowest BCUT2D eigenvalue weighted by molar-refractivity contribution is -0.0628. The molecule has 0 aromatic carbocycles. The third kappa shape index (κ3) is 6.03. The Labute approximate surface area is 119 Å². The molecule has 1 rings (SSSR count). The quantitative estimate of drug-likeness (QED) is 0.869. The Bertz CT molecular complexity index is 339. The zero-order valence-corrected chi connectivity index (χ0v) is 12.7. The molecule has 4 nitrogen and oxygen atoms in total. The van der Waals surface area contributed by atoms with Crippen LogP contribution in [-0.4, -0.2) is 46.3 Å². The fourth-order valence-corrected chi connectivity index (χ4v) is 2.13. The highest BCUT2D eigenvalue weighted by Crippen LogP contribution is 2.31. The Morgan fingerprint density at radius 2 is 1.75 bits per heavy atom. The minimum atomic E-state index is -2.77. The molecule has 20 heavy (non-hydrogen) atoms. The molecule has 0 spiro atoms. The summed E-state index contributed by atoms with van der Waals surface area (Å²) in [6.07, 6.45) is -0.0837. The van der Waals surface area contributed by atoms with Gasteiger partial charge in [0, 0.05) is 19.5 Å². The number of rotatable bonds is 3. The monoisotopic (exact) mass is 293 g/mol. The van der Waals surface area contributed by atoms with E-state index in [9.17, 15) is 18.7 Å². The predicted molar refractivity (Wildman–Crippen MR) is 71.8 cm³/mol. The number of aliphatic hydroxyl groups is 1. The van der Waals surface area contributed by atoms with Gasteiger partial charge in [-0.05, 0) is 47.0 Å². The van der Waals surface area contributed by atoms with Crippen molar-refractivity contribution in [1.29, 1.82) is 0 Å². The second kappa shape index (κ2) is 5.84. The van der Waals surface area contributed by atoms with Crippen LogP contribution in [0.4, 0.5) is 13.6 Å². The third-order valence-corrected chi connectivity index (χ3v) is 3.38. The predicted octanol–water partition coefficient (Wildman–Crippen LogP) is 3.18. The molecular weight excluding hydrogens is 268 g/mol. The second-order valence-electron chi connectivity index (χ2n) is 6.76. The number of piperidine rings is 1. The first kappa shape index (κ1) is 17.1. The van der Waals surface area contributed by atoms with Crippen LogP contribution in [0.2, 0.25) is 0 Å². The highest BCUT2D eigenvalue weighted by Gasteiger charge is 2.37. The van der Waals surface area contributed by atoms with Crippen LogP contribution in [0.3, 0.4) is 0 Å². The van der Waals surface area contributed by atoms with E-state index in [1.54, 1.807) is 20.8 Å². The van der Waals surface area contributed by atoms with Gasteiger partial charge in [-0.25, -0.2) is 13.6 Å². The van der Waals surface area contributed by atoms with Crippen molar-refractivity contribution >= 4 is 6.09 Å². The van der Waals surface area contributed by atoms with E-state index in [2.05, 4.69) is 0 Å². The molecule has 0 radical (unpaired) electrons. The van der Waals surface area contributed by atoms with E-state index >= 15 is 0 Å². The largest absolute Gasteiger partial charge is 0.444 e. The minimum Gasteiger partial charge on any atom is -0.444 e. The van der Waals surface area contributed by atoms with E-state index in [4.69, 9.17) is 4.74 Å². The maximum absolute atomic E-state index is 12.8. The average Bonchev–Trinajstić information content (AvgIpc) is 2.24. The fraction of sp³-hybridized carbons (Fsp3) is 0.929. The number of halogens is 2. The molecule has 1 saturated heterocycles. The first-order chi connectivity index (χ1) is 8.90. The van der Waals surface area contributed by atoms with E-state index in [1.807, 2.05) is 0 Å². The number of hydrogen-bond acceptors (Lipinski definition) is 3. The Morgan fingerprint density at radius 3 is 2.15 bits per heavy atom. The molecule has 1 aliphatic rings. The first-order valence-electron chi connectivity index (χ1n) is 6.98. The molecule has 1 heterocycles. The molecule has 0 atom stereocenters. The minimum absolute atomic E-state index is 0.0542. The fourth-order valence-electron chi connectivity index (χ4n) is 2.13. The SMILES string of the molecule is CC(F)(F)CCC1(O)CCN(C(=O)OC(C)(C)C)CC1. The molecule has 0 unspecified atom stereocenters. The molecule has 0 aliphatic carbocycles. The van der Waals surface area contributed by atoms with Gasteiger partial charge in [0.1, 0.15) is 5.60 Å². The number of alkyl halides is 2. The van der Waals surface area contributed by atoms with Crippen molar-refractivity contribution in [1.82, 2.24) is 4.90 Å². The van der Waals surface area contributed by atoms with Crippen LogP contribution < -0.4 is 0 Å². The van der Waals surface area contributed by atoms with Gasteiger partial charge in [-0.3, -0.25) is 0 Å². The molecule has 0 bridgehead atoms. The van der Waals surface area contributed by atoms with E-state index in [-0.39, 0.29) is 12.8 Å². The summed E-state index contributed by atoms with van der Waals surface area (Å²) in [6, 6.07) is 0. The molecule has 1 aliphatic heterocycles. The molecule has 1 amide bonds. The lowest BCUT2D eigenvalue weighted by atomic mass is 9.86. The number of nitrogens with zero attached hydrogens (tertiary/aromatic N) is 1. The molecule has 1 N–H and O–H groups in total. The van der Waals surface area contributed by atoms with Crippen molar-refractivity contribution in [2.24, 2.45) is 0 Å². The van der Waals surface area contributed by atoms with Gasteiger partial charge in [-0.15, -0.1) is 0 Å². The van der Waals surface area contributed by atoms with Crippen LogP contribution in [0.5, 0.6) is 0 Å². The van der Waals surface area contributed by atoms with Crippen molar-refractivity contribution in [3.05, 3.63) is 0 Å². The van der Waals surface area contributed by atoms with E-state index in [0.717, 1.165) is 6.92 Å². The molecule has 1 fully saturated rings. The molecule has 6 heteroatoms. The van der Waals surface area contributed by atoms with Gasteiger partial charge in [-0.2, -0.15) is 0 Å². The summed E-state index contributed by atoms with van der Waals surface area (Å²) in [7, 11) is 0. The molecule has 0 aromatic heterocycles. The van der Waals surface area contributed by atoms with Crippen LogP contribution in [0.25, 0.3) is 0 Å². The highest BCUT2D eigenvalue weighted by atomic mass is 19.3. The highest BCUT2D eigenvalue weighted by molar-refractivity contribution is 5.68. The number of hydrogen-bond donors (Lipinski definition) is 1. The van der Waals surface area contributed by atoms with Crippen LogP contribution in [0.15, 0.2) is 0 Å². The van der Waals surface area contributed by atoms with Crippen molar-refractivity contribution in [2.75, 3.05) is 13.1 Å². The van der Waals surface area contributed by atoms with Crippen LogP contribution in [-0.2, 0) is 4.74 Å². The van der Waals surface area contributed by atoms with Crippen LogP contribution in [0.1, 0.15) is 53.4 Å². The van der Waals surface area contributed by atoms with Crippen molar-refractivity contribution < 1.29 is 23.4 Å². The summed E-state index contributed by atoms with van der Waals surface area (Å²) >= 11 is 0. The summed E-state index contributed by atoms with van der Waals surface area (Å²) in [4.78, 5) is 13.4. The van der Waals surface area contributed by atoms with Crippen LogP contribution in [0, 0.1) is 0 Å². The van der Waals surface area contributed by atoms with Gasteiger partial charge in [0.05, 0.1) is 5.60 Å². The molecule has 0 aromatic rings. The van der Waals surface area contributed by atoms with Gasteiger partial charge in [0.15, 0.2) is 0 Å². The van der Waals surface area contributed by atoms with Crippen molar-refractivity contribution in [3.8, 4) is 0 Å². The Balaban J connectivity index is 2.44. The van der Waals surface area contributed by atoms with Gasteiger partial charge in [0.2, 0.25) is 5.92 Å². The lowest BCUT2D eigenvalue weighted by Gasteiger charge is -2.39. The van der Waals surface area contributed by atoms with Gasteiger partial charge in [0.25, 0.3) is 0 Å². The molecular formula is C14H25F2NO3. The summed E-state index contributed by atoms with van der Waals surface area (Å²) in [5.41, 5.74) is -1.66. The maximum atomic E-state index is 12.8. The topological polar surface area (TPSA) is 49.8 Å². The summed E-state index contributed by atoms with van der Waals surface area (Å²) in [5.74, 6) is -2.77. The Kier molecular flexibility index (Phi) is 5.00. The Morgan fingerprint density at radius 1 is 1.25 bits per heavy atom. The number of carbonyl (C=O) groups is 1. The van der Waals surface area contributed by atoms with E-state index < -0.39 is 23.2 Å². The zero-order chi connectivity index (χ0) is 15.6. The number of carbonyl (C=O) groups excluding carboxylic acids is 1. The third-order valence-electron chi connectivity index (χ3n) is 3.38. The van der Waals surface area contributed by atoms with Gasteiger partial charge >= 0.3 is 6.09 Å². The molecule has 0 saturated carbocycles. The summed E-state index contributed by atoms with van der Waals surface area (Å²) in [5, 5.41) is 10.3. The molecule has 118 valence electrons. The normalized spacial score (nSPS) is 19.9. The lowest BCUT2D eigenvalue weighted by Crippen LogP contribution is -2.48. The second-order valence-corrected chi connectivity index (χ2v) is 6.76. The van der Waals surface area contributed by atoms with Crippen molar-refractivity contribution in [3.63, 3.8) is 0 Å². The van der Waals surface area contributed by atoms with E-state index in [0.29, 0.717) is 25.9 Å². The van der Waals surface area contributed by atoms with Gasteiger partial charge < -0.3 is 14.7 Å². The first-order valence-corrected chi connectivity index (χ1v) is 6.98. The van der Waals surface area contributed by atoms with E-state index in [1.165, 1.54) is 4.90 Å². The van der Waals surface area contributed by atoms with Gasteiger partial charge in [-0.1, -0.05) is 0 Å². The standard InChI is InChI=1S/C14H25F2NO3/c1-12(2,3)20-11(18)17-9-7-14(19,8-10-17)6-5-13(4,15)16/h19H,5-10H2,1-4H3. The van der Waals surface area contributed by atoms with Crippen LogP contribution >= 0.6 is 0 Å². The number of ether oxygens (including phenoxy) is 1. The number of likely N-dealkylation sites (tertiary alicyclic amines) is 1. The Hall–Kier alpha value is -0.910. The average molecular weight is 293 g/mol. The number of amides is 1. The summed E-state index contributed by atoms with van der Waals surface area (Å²) < 4.78 is 30.9. The summed E-state index contributed by atoms with van der Waals surface area (Å²) in [6.45, 7) is 6.88. The maximum Gasteiger partial charge on any atom is 0.410 e. The zero-order valence-electron chi connectivity index (χ0n) is 12.7.